The Morgan fingerprint density at radius 2 is 1.06 bits per heavy atom. The molecule has 14 nitrogen and oxygen atoms in total. The number of Topliss-reactive ketones (excluding diaryl/α,β-unsaturated/α-hetero) is 1. The van der Waals surface area contributed by atoms with E-state index in [0.717, 1.165) is 0 Å². The molecule has 0 radical (unpaired) electrons. The molecule has 0 bridgehead atoms. The zero-order chi connectivity index (χ0) is 37.8. The lowest BCUT2D eigenvalue weighted by Crippen LogP contribution is -2.26. The molecule has 2 rings (SSSR count). The number of nitro groups is 2. The lowest BCUT2D eigenvalue weighted by Gasteiger charge is -2.30. The predicted octanol–water partition coefficient (Wildman–Crippen LogP) is 8.32. The highest BCUT2D eigenvalue weighted by Gasteiger charge is 2.31. The van der Waals surface area contributed by atoms with Gasteiger partial charge in [0.25, 0.3) is 26.4 Å². The first-order valence-electron chi connectivity index (χ1n) is 14.6. The van der Waals surface area contributed by atoms with Gasteiger partial charge >= 0.3 is 0 Å². The third kappa shape index (κ3) is 17.2. The molecule has 0 amide bonds. The first kappa shape index (κ1) is 47.0. The number of ketones is 1. The maximum atomic E-state index is 13.0. The minimum atomic E-state index is -3.27. The van der Waals surface area contributed by atoms with Gasteiger partial charge in [-0.2, -0.15) is 0 Å². The van der Waals surface area contributed by atoms with Crippen molar-refractivity contribution in [3.05, 3.63) is 79.9 Å². The van der Waals surface area contributed by atoms with Crippen molar-refractivity contribution in [3.8, 4) is 0 Å². The van der Waals surface area contributed by atoms with Crippen molar-refractivity contribution in [2.24, 2.45) is 0 Å². The summed E-state index contributed by atoms with van der Waals surface area (Å²) in [6.45, 7) is 9.60. The molecule has 0 spiro atoms. The second kappa shape index (κ2) is 24.3. The number of halogens is 4. The molecule has 0 saturated heterocycles. The molecule has 0 heterocycles. The van der Waals surface area contributed by atoms with Gasteiger partial charge in [0.05, 0.1) is 22.1 Å². The third-order valence-corrected chi connectivity index (χ3v) is 11.5. The van der Waals surface area contributed by atoms with Gasteiger partial charge in [0, 0.05) is 93.7 Å². The molecule has 2 aromatic carbocycles. The zero-order valence-electron chi connectivity index (χ0n) is 27.6. The second-order valence-electron chi connectivity index (χ2n) is 10.2. The van der Waals surface area contributed by atoms with Crippen LogP contribution in [0, 0.1) is 20.2 Å². The highest BCUT2D eigenvalue weighted by atomic mass is 35.5. The number of carbonyl (C=O) groups excluding carboxylic acids is 2. The molecule has 0 saturated carbocycles. The summed E-state index contributed by atoms with van der Waals surface area (Å²) in [5.41, 5.74) is 1.18. The summed E-state index contributed by atoms with van der Waals surface area (Å²) in [6.07, 6.45) is -1.24. The van der Waals surface area contributed by atoms with E-state index in [1.54, 1.807) is 28.4 Å². The molecule has 20 heteroatoms. The van der Waals surface area contributed by atoms with Crippen LogP contribution in [-0.4, -0.2) is 94.8 Å². The van der Waals surface area contributed by atoms with Crippen LogP contribution >= 0.6 is 61.4 Å². The van der Waals surface area contributed by atoms with Gasteiger partial charge in [0.1, 0.15) is 12.6 Å². The van der Waals surface area contributed by atoms with E-state index in [1.165, 1.54) is 56.7 Å². The first-order valence-corrected chi connectivity index (χ1v) is 20.7. The molecule has 0 aliphatic heterocycles. The molecule has 276 valence electrons. The van der Waals surface area contributed by atoms with Gasteiger partial charge in [-0.25, -0.2) is 9.34 Å². The van der Waals surface area contributed by atoms with Crippen LogP contribution in [0.3, 0.4) is 0 Å². The number of hydrogen-bond donors (Lipinski definition) is 0. The average Bonchev–Trinajstić information content (AvgIpc) is 3.05. The quantitative estimate of drug-likeness (QED) is 0.0541. The summed E-state index contributed by atoms with van der Waals surface area (Å²) < 4.78 is 40.4. The Morgan fingerprint density at radius 1 is 0.735 bits per heavy atom. The smallest absolute Gasteiger partial charge is 0.270 e. The van der Waals surface area contributed by atoms with Crippen molar-refractivity contribution in [3.63, 3.8) is 0 Å². The number of non-ortho nitro benzene ring substituents is 2. The van der Waals surface area contributed by atoms with E-state index >= 15 is 0 Å². The monoisotopic (exact) mass is 808 g/mol. The molecule has 2 aromatic rings. The van der Waals surface area contributed by atoms with Gasteiger partial charge in [-0.1, -0.05) is 0 Å². The minimum absolute atomic E-state index is 0.00142. The van der Waals surface area contributed by atoms with Crippen LogP contribution in [-0.2, 0) is 27.8 Å². The summed E-state index contributed by atoms with van der Waals surface area (Å²) in [7, 11) is -6.32. The van der Waals surface area contributed by atoms with Crippen molar-refractivity contribution >= 4 is 85.4 Å². The number of nitro benzene ring substituents is 2. The number of alkyl halides is 4. The Kier molecular flexibility index (Phi) is 23.3. The molecular formula is C29H42Cl4N4O10P2. The lowest BCUT2D eigenvalue weighted by molar-refractivity contribution is -0.385. The minimum Gasteiger partial charge on any atom is -0.310 e. The maximum absolute atomic E-state index is 13.0. The van der Waals surface area contributed by atoms with Crippen LogP contribution < -0.4 is 0 Å². The fraction of sp³-hybridized carbons (Fsp3) is 0.517. The van der Waals surface area contributed by atoms with E-state index in [2.05, 4.69) is 0 Å². The van der Waals surface area contributed by atoms with Gasteiger partial charge in [0.2, 0.25) is 0 Å². The average molecular weight is 810 g/mol. The zero-order valence-corrected chi connectivity index (χ0v) is 32.4. The molecule has 0 aliphatic rings. The molecular weight excluding hydrogens is 768 g/mol. The van der Waals surface area contributed by atoms with Crippen LogP contribution in [0.1, 0.15) is 43.6 Å². The number of benzene rings is 2. The number of hydrogen-bond acceptors (Lipinski definition) is 10. The molecule has 0 aromatic heterocycles. The second-order valence-corrected chi connectivity index (χ2v) is 16.5. The fourth-order valence-corrected chi connectivity index (χ4v) is 9.00. The van der Waals surface area contributed by atoms with Crippen molar-refractivity contribution in [1.82, 2.24) is 9.34 Å². The van der Waals surface area contributed by atoms with Gasteiger partial charge in [-0.05, 0) is 49.2 Å². The Labute approximate surface area is 306 Å². The van der Waals surface area contributed by atoms with Crippen molar-refractivity contribution < 1.29 is 37.6 Å². The first-order chi connectivity index (χ1) is 23.0. The van der Waals surface area contributed by atoms with Gasteiger partial charge in [-0.15, -0.1) is 46.4 Å². The Bertz CT molecular complexity index is 1400. The molecule has 4 atom stereocenters. The molecule has 0 fully saturated rings. The molecule has 0 N–H and O–H groups in total. The Hall–Kier alpha value is -1.96. The highest BCUT2D eigenvalue weighted by molar-refractivity contribution is 7.55. The SMILES string of the molecule is C=O.CC(=O)CC(OP(C)(=O)N(CCCl)CCCl)c1ccc([N+](=O)[O-])cc1.CC(OP(C)(=O)N(CCCl)CCCl)c1ccc([N+](=O)[O-])cc1. The standard InChI is InChI=1S/C15H21Cl2N2O5P.C13H19Cl2N2O4P.CH2O/c1-12(20)11-15(13-3-5-14(6-4-13)19(21)22)24-25(2,23)18(9-7-16)10-8-17;1-11(12-3-5-13(6-4-12)17(18)19)21-22(2,20)16(9-7-14)10-8-15;1-2/h3-6,15H,7-11H2,1-2H3;3-6,11H,7-10H2,1-2H3;1H2. The van der Waals surface area contributed by atoms with E-state index in [9.17, 15) is 34.2 Å². The topological polar surface area (TPSA) is 180 Å². The third-order valence-electron chi connectivity index (χ3n) is 6.60. The number of rotatable bonds is 20. The molecule has 0 aliphatic carbocycles. The van der Waals surface area contributed by atoms with Crippen LogP contribution in [0.25, 0.3) is 0 Å². The van der Waals surface area contributed by atoms with Gasteiger partial charge in [0.15, 0.2) is 0 Å². The highest BCUT2D eigenvalue weighted by Crippen LogP contribution is 2.52. The fourth-order valence-electron chi connectivity index (χ4n) is 4.22. The molecule has 49 heavy (non-hydrogen) atoms. The van der Waals surface area contributed by atoms with E-state index in [1.807, 2.05) is 6.79 Å². The van der Waals surface area contributed by atoms with Crippen LogP contribution in [0.4, 0.5) is 11.4 Å². The summed E-state index contributed by atoms with van der Waals surface area (Å²) in [5.74, 6) is 1.01. The molecule has 4 unspecified atom stereocenters. The van der Waals surface area contributed by atoms with Crippen molar-refractivity contribution in [1.29, 1.82) is 0 Å². The Morgan fingerprint density at radius 3 is 1.37 bits per heavy atom. The van der Waals surface area contributed by atoms with Crippen molar-refractivity contribution in [2.75, 3.05) is 63.0 Å². The van der Waals surface area contributed by atoms with Crippen LogP contribution in [0.5, 0.6) is 0 Å². The van der Waals surface area contributed by atoms with E-state index in [4.69, 9.17) is 60.2 Å². The maximum Gasteiger partial charge on any atom is 0.270 e. The van der Waals surface area contributed by atoms with Gasteiger partial charge in [-0.3, -0.25) is 34.2 Å². The van der Waals surface area contributed by atoms with E-state index in [-0.39, 0.29) is 35.3 Å². The normalized spacial score (nSPS) is 14.7. The van der Waals surface area contributed by atoms with E-state index in [0.29, 0.717) is 49.1 Å². The van der Waals surface area contributed by atoms with Crippen molar-refractivity contribution in [2.45, 2.75) is 32.5 Å². The predicted molar refractivity (Wildman–Crippen MR) is 195 cm³/mol. The summed E-state index contributed by atoms with van der Waals surface area (Å²) in [5, 5.41) is 21.4. The van der Waals surface area contributed by atoms with E-state index < -0.39 is 37.1 Å². The number of carbonyl (C=O) groups is 2. The largest absolute Gasteiger partial charge is 0.310 e. The van der Waals surface area contributed by atoms with Gasteiger partial charge < -0.3 is 13.8 Å². The summed E-state index contributed by atoms with van der Waals surface area (Å²) in [6, 6.07) is 11.6. The Balaban J connectivity index is 0.000000901. The van der Waals surface area contributed by atoms with Crippen LogP contribution in [0.15, 0.2) is 48.5 Å². The summed E-state index contributed by atoms with van der Waals surface area (Å²) in [4.78, 5) is 40.0. The lowest BCUT2D eigenvalue weighted by atomic mass is 10.0. The number of nitrogens with zero attached hydrogens (tertiary/aromatic N) is 4. The summed E-state index contributed by atoms with van der Waals surface area (Å²) >= 11 is 22.9. The van der Waals surface area contributed by atoms with Crippen LogP contribution in [0.2, 0.25) is 0 Å².